The van der Waals surface area contributed by atoms with E-state index >= 15 is 0 Å². The molecule has 1 heterocycles. The number of aromatic carboxylic acids is 1. The summed E-state index contributed by atoms with van der Waals surface area (Å²) in [6.07, 6.45) is -2.95. The normalized spacial score (nSPS) is 10.6. The molecular formula is C7H5ClF2N2O2. The van der Waals surface area contributed by atoms with Crippen LogP contribution in [0.1, 0.15) is 22.5 Å². The van der Waals surface area contributed by atoms with Crippen LogP contribution in [0.15, 0.2) is 6.07 Å². The minimum atomic E-state index is -2.95. The highest BCUT2D eigenvalue weighted by atomic mass is 35.5. The number of nitrogen functional groups attached to an aromatic ring is 1. The second-order valence-electron chi connectivity index (χ2n) is 2.41. The third-order valence-corrected chi connectivity index (χ3v) is 1.77. The van der Waals surface area contributed by atoms with E-state index in [2.05, 4.69) is 4.98 Å². The first-order valence-corrected chi connectivity index (χ1v) is 3.78. The number of alkyl halides is 2. The van der Waals surface area contributed by atoms with E-state index in [4.69, 9.17) is 22.4 Å². The molecule has 76 valence electrons. The summed E-state index contributed by atoms with van der Waals surface area (Å²) in [5, 5.41) is 8.24. The maximum atomic E-state index is 12.3. The van der Waals surface area contributed by atoms with Crippen molar-refractivity contribution in [1.29, 1.82) is 0 Å². The minimum absolute atomic E-state index is 0.174. The van der Waals surface area contributed by atoms with Gasteiger partial charge in [0.05, 0.1) is 11.3 Å². The molecule has 0 fully saturated rings. The number of rotatable bonds is 2. The number of hydrogen-bond donors (Lipinski definition) is 2. The second-order valence-corrected chi connectivity index (χ2v) is 2.77. The summed E-state index contributed by atoms with van der Waals surface area (Å²) < 4.78 is 24.6. The van der Waals surface area contributed by atoms with Gasteiger partial charge < -0.3 is 10.8 Å². The summed E-state index contributed by atoms with van der Waals surface area (Å²) in [4.78, 5) is 13.7. The average molecular weight is 223 g/mol. The van der Waals surface area contributed by atoms with E-state index in [0.29, 0.717) is 0 Å². The van der Waals surface area contributed by atoms with Crippen molar-refractivity contribution in [3.63, 3.8) is 0 Å². The van der Waals surface area contributed by atoms with Crippen LogP contribution in [0, 0.1) is 0 Å². The third-order valence-electron chi connectivity index (χ3n) is 1.47. The van der Waals surface area contributed by atoms with Gasteiger partial charge in [-0.25, -0.2) is 18.6 Å². The molecule has 0 radical (unpaired) electrons. The number of carboxylic acids is 1. The molecular weight excluding hydrogens is 218 g/mol. The van der Waals surface area contributed by atoms with Crippen LogP contribution in [0.2, 0.25) is 5.15 Å². The summed E-state index contributed by atoms with van der Waals surface area (Å²) in [6, 6.07) is 0.809. The summed E-state index contributed by atoms with van der Waals surface area (Å²) in [5.74, 6) is -1.57. The van der Waals surface area contributed by atoms with Crippen LogP contribution in [-0.4, -0.2) is 16.1 Å². The van der Waals surface area contributed by atoms with Gasteiger partial charge in [0.2, 0.25) is 0 Å². The van der Waals surface area contributed by atoms with E-state index < -0.39 is 23.7 Å². The predicted octanol–water partition coefficient (Wildman–Crippen LogP) is 1.95. The van der Waals surface area contributed by atoms with Gasteiger partial charge in [-0.05, 0) is 6.07 Å². The van der Waals surface area contributed by atoms with Crippen molar-refractivity contribution in [2.75, 3.05) is 5.73 Å². The molecule has 0 aromatic carbocycles. The highest BCUT2D eigenvalue weighted by Crippen LogP contribution is 2.27. The van der Waals surface area contributed by atoms with Crippen molar-refractivity contribution >= 4 is 23.3 Å². The molecule has 0 spiro atoms. The van der Waals surface area contributed by atoms with Crippen LogP contribution < -0.4 is 5.73 Å². The Morgan fingerprint density at radius 2 is 2.21 bits per heavy atom. The number of carbonyl (C=O) groups is 1. The molecule has 0 aliphatic heterocycles. The van der Waals surface area contributed by atoms with Crippen molar-refractivity contribution in [2.24, 2.45) is 0 Å². The lowest BCUT2D eigenvalue weighted by molar-refractivity contribution is 0.0677. The molecule has 1 aromatic rings. The van der Waals surface area contributed by atoms with Crippen LogP contribution in [0.4, 0.5) is 14.5 Å². The summed E-state index contributed by atoms with van der Waals surface area (Å²) in [7, 11) is 0. The molecule has 0 aliphatic rings. The van der Waals surface area contributed by atoms with Gasteiger partial charge in [0.15, 0.2) is 10.8 Å². The smallest absolute Gasteiger partial charge is 0.355 e. The molecule has 0 atom stereocenters. The van der Waals surface area contributed by atoms with Gasteiger partial charge in [-0.15, -0.1) is 0 Å². The second kappa shape index (κ2) is 3.75. The van der Waals surface area contributed by atoms with E-state index in [1.54, 1.807) is 0 Å². The Kier molecular flexibility index (Phi) is 2.85. The van der Waals surface area contributed by atoms with E-state index in [9.17, 15) is 13.6 Å². The van der Waals surface area contributed by atoms with Gasteiger partial charge >= 0.3 is 5.97 Å². The number of nitrogens with two attached hydrogens (primary N) is 1. The molecule has 0 aliphatic carbocycles. The number of carboxylic acid groups (broad SMARTS) is 1. The monoisotopic (exact) mass is 222 g/mol. The fourth-order valence-corrected chi connectivity index (χ4v) is 0.999. The Balaban J connectivity index is 3.39. The van der Waals surface area contributed by atoms with Crippen molar-refractivity contribution in [3.8, 4) is 0 Å². The first-order valence-electron chi connectivity index (χ1n) is 3.41. The molecule has 0 saturated carbocycles. The maximum absolute atomic E-state index is 12.3. The van der Waals surface area contributed by atoms with Crippen LogP contribution >= 0.6 is 11.6 Å². The number of aromatic nitrogens is 1. The Morgan fingerprint density at radius 1 is 1.64 bits per heavy atom. The Morgan fingerprint density at radius 3 is 2.64 bits per heavy atom. The Bertz CT molecular complexity index is 384. The SMILES string of the molecule is Nc1cc(C(F)F)c(C(=O)O)nc1Cl. The van der Waals surface area contributed by atoms with Gasteiger partial charge in [-0.3, -0.25) is 0 Å². The minimum Gasteiger partial charge on any atom is -0.476 e. The average Bonchev–Trinajstić information content (AvgIpc) is 2.08. The van der Waals surface area contributed by atoms with E-state index in [1.165, 1.54) is 0 Å². The Labute approximate surface area is 82.3 Å². The molecule has 4 nitrogen and oxygen atoms in total. The van der Waals surface area contributed by atoms with Crippen molar-refractivity contribution < 1.29 is 18.7 Å². The Hall–Kier alpha value is -1.43. The van der Waals surface area contributed by atoms with Gasteiger partial charge in [0, 0.05) is 0 Å². The highest BCUT2D eigenvalue weighted by Gasteiger charge is 2.21. The summed E-state index contributed by atoms with van der Waals surface area (Å²) in [6.45, 7) is 0. The number of anilines is 1. The zero-order valence-corrected chi connectivity index (χ0v) is 7.42. The lowest BCUT2D eigenvalue weighted by Gasteiger charge is -2.06. The largest absolute Gasteiger partial charge is 0.476 e. The van der Waals surface area contributed by atoms with Crippen LogP contribution in [0.3, 0.4) is 0 Å². The topological polar surface area (TPSA) is 76.2 Å². The maximum Gasteiger partial charge on any atom is 0.355 e. The molecule has 0 saturated heterocycles. The van der Waals surface area contributed by atoms with Crippen LogP contribution in [-0.2, 0) is 0 Å². The molecule has 0 bridgehead atoms. The fourth-order valence-electron chi connectivity index (χ4n) is 0.860. The lowest BCUT2D eigenvalue weighted by atomic mass is 10.2. The molecule has 3 N–H and O–H groups in total. The number of halogens is 3. The van der Waals surface area contributed by atoms with Gasteiger partial charge in [-0.2, -0.15) is 0 Å². The summed E-state index contributed by atoms with van der Waals surface area (Å²) in [5.41, 5.74) is 3.52. The van der Waals surface area contributed by atoms with E-state index in [-0.39, 0.29) is 10.8 Å². The number of pyridine rings is 1. The van der Waals surface area contributed by atoms with E-state index in [1.807, 2.05) is 0 Å². The number of hydrogen-bond acceptors (Lipinski definition) is 3. The van der Waals surface area contributed by atoms with Gasteiger partial charge in [0.1, 0.15) is 0 Å². The quantitative estimate of drug-likeness (QED) is 0.750. The fraction of sp³-hybridized carbons (Fsp3) is 0.143. The van der Waals surface area contributed by atoms with Gasteiger partial charge in [0.25, 0.3) is 6.43 Å². The zero-order chi connectivity index (χ0) is 10.9. The summed E-state index contributed by atoms with van der Waals surface area (Å²) >= 11 is 5.39. The first kappa shape index (κ1) is 10.6. The van der Waals surface area contributed by atoms with Crippen LogP contribution in [0.25, 0.3) is 0 Å². The third kappa shape index (κ3) is 1.90. The van der Waals surface area contributed by atoms with E-state index in [0.717, 1.165) is 6.07 Å². The van der Waals surface area contributed by atoms with Crippen LogP contribution in [0.5, 0.6) is 0 Å². The molecule has 1 aromatic heterocycles. The first-order chi connectivity index (χ1) is 6.43. The zero-order valence-electron chi connectivity index (χ0n) is 6.67. The molecule has 0 amide bonds. The van der Waals surface area contributed by atoms with Crippen molar-refractivity contribution in [1.82, 2.24) is 4.98 Å². The lowest BCUT2D eigenvalue weighted by Crippen LogP contribution is -2.08. The molecule has 14 heavy (non-hydrogen) atoms. The molecule has 7 heteroatoms. The molecule has 1 rings (SSSR count). The van der Waals surface area contributed by atoms with Crippen molar-refractivity contribution in [3.05, 3.63) is 22.5 Å². The number of nitrogens with zero attached hydrogens (tertiary/aromatic N) is 1. The highest BCUT2D eigenvalue weighted by molar-refractivity contribution is 6.32. The predicted molar refractivity (Wildman–Crippen MR) is 45.6 cm³/mol. The molecule has 0 unspecified atom stereocenters. The van der Waals surface area contributed by atoms with Gasteiger partial charge in [-0.1, -0.05) is 11.6 Å². The van der Waals surface area contributed by atoms with Crippen molar-refractivity contribution in [2.45, 2.75) is 6.43 Å². The standard InChI is InChI=1S/C7H5ClF2N2O2/c8-5-3(11)1-2(6(9)10)4(12-5)7(13)14/h1,6H,11H2,(H,13,14).